The monoisotopic (exact) mass is 365 g/mol. The lowest BCUT2D eigenvalue weighted by Gasteiger charge is -2.20. The normalized spacial score (nSPS) is 20.7. The second kappa shape index (κ2) is 5.05. The number of carbonyl (C=O) groups is 2. The van der Waals surface area contributed by atoms with Gasteiger partial charge in [0.1, 0.15) is 0 Å². The number of rotatable bonds is 3. The molecule has 0 aliphatic carbocycles. The highest BCUT2D eigenvalue weighted by Crippen LogP contribution is 2.42. The largest absolute Gasteiger partial charge is 0.375 e. The Labute approximate surface area is 134 Å². The Kier molecular flexibility index (Phi) is 3.47. The molecule has 6 heteroatoms. The summed E-state index contributed by atoms with van der Waals surface area (Å²) in [5.41, 5.74) is -0.648. The van der Waals surface area contributed by atoms with Gasteiger partial charge in [-0.05, 0) is 34.1 Å². The molecule has 2 heterocycles. The van der Waals surface area contributed by atoms with Crippen LogP contribution in [0.5, 0.6) is 0 Å². The standard InChI is InChI=1S/C15H12BrNO3S/c1-17-10-5-3-2-4-9(10)15(20,14(17)19)8-11(18)12-6-7-13(16)21-12/h2-7,20H,8H2,1H3. The molecule has 1 unspecified atom stereocenters. The van der Waals surface area contributed by atoms with Crippen molar-refractivity contribution in [3.8, 4) is 0 Å². The number of thiophene rings is 1. The molecule has 1 amide bonds. The quantitative estimate of drug-likeness (QED) is 0.850. The van der Waals surface area contributed by atoms with Crippen molar-refractivity contribution in [2.75, 3.05) is 11.9 Å². The Morgan fingerprint density at radius 3 is 2.71 bits per heavy atom. The van der Waals surface area contributed by atoms with Crippen molar-refractivity contribution in [2.24, 2.45) is 0 Å². The summed E-state index contributed by atoms with van der Waals surface area (Å²) in [6, 6.07) is 10.5. The van der Waals surface area contributed by atoms with E-state index in [1.54, 1.807) is 43.4 Å². The number of anilines is 1. The van der Waals surface area contributed by atoms with Crippen LogP contribution in [0, 0.1) is 0 Å². The Morgan fingerprint density at radius 1 is 1.33 bits per heavy atom. The smallest absolute Gasteiger partial charge is 0.263 e. The van der Waals surface area contributed by atoms with Gasteiger partial charge in [0, 0.05) is 12.6 Å². The third-order valence-corrected chi connectivity index (χ3v) is 5.30. The lowest BCUT2D eigenvalue weighted by Crippen LogP contribution is -2.40. The van der Waals surface area contributed by atoms with Crippen LogP contribution >= 0.6 is 27.3 Å². The van der Waals surface area contributed by atoms with Gasteiger partial charge in [-0.1, -0.05) is 18.2 Å². The molecule has 21 heavy (non-hydrogen) atoms. The molecule has 1 aliphatic heterocycles. The van der Waals surface area contributed by atoms with Crippen molar-refractivity contribution in [1.29, 1.82) is 0 Å². The highest BCUT2D eigenvalue weighted by atomic mass is 79.9. The van der Waals surface area contributed by atoms with Crippen LogP contribution in [-0.2, 0) is 10.4 Å². The van der Waals surface area contributed by atoms with Gasteiger partial charge in [-0.25, -0.2) is 0 Å². The molecule has 1 N–H and O–H groups in total. The molecule has 4 nitrogen and oxygen atoms in total. The van der Waals surface area contributed by atoms with Crippen molar-refractivity contribution in [1.82, 2.24) is 0 Å². The van der Waals surface area contributed by atoms with Crippen LogP contribution in [0.2, 0.25) is 0 Å². The molecule has 0 saturated heterocycles. The van der Waals surface area contributed by atoms with Crippen LogP contribution in [0.3, 0.4) is 0 Å². The number of carbonyl (C=O) groups excluding carboxylic acids is 2. The molecule has 1 aromatic carbocycles. The number of ketones is 1. The van der Waals surface area contributed by atoms with Crippen LogP contribution in [-0.4, -0.2) is 23.8 Å². The van der Waals surface area contributed by atoms with Crippen LogP contribution in [0.25, 0.3) is 0 Å². The molecule has 3 rings (SSSR count). The highest BCUT2D eigenvalue weighted by molar-refractivity contribution is 9.11. The number of nitrogens with zero attached hydrogens (tertiary/aromatic N) is 1. The van der Waals surface area contributed by atoms with Gasteiger partial charge in [-0.15, -0.1) is 11.3 Å². The molecular weight excluding hydrogens is 354 g/mol. The molecule has 0 fully saturated rings. The van der Waals surface area contributed by atoms with Crippen molar-refractivity contribution in [3.05, 3.63) is 50.6 Å². The van der Waals surface area contributed by atoms with E-state index < -0.39 is 11.5 Å². The third-order valence-electron chi connectivity index (χ3n) is 3.63. The molecule has 0 saturated carbocycles. The van der Waals surface area contributed by atoms with E-state index in [-0.39, 0.29) is 12.2 Å². The van der Waals surface area contributed by atoms with Crippen molar-refractivity contribution in [3.63, 3.8) is 0 Å². The lowest BCUT2D eigenvalue weighted by atomic mass is 9.89. The van der Waals surface area contributed by atoms with E-state index in [9.17, 15) is 14.7 Å². The second-order valence-electron chi connectivity index (χ2n) is 4.95. The number of aliphatic hydroxyl groups is 1. The molecule has 2 aromatic rings. The minimum atomic E-state index is -1.78. The summed E-state index contributed by atoms with van der Waals surface area (Å²) in [4.78, 5) is 26.6. The fourth-order valence-electron chi connectivity index (χ4n) is 2.57. The summed E-state index contributed by atoms with van der Waals surface area (Å²) >= 11 is 4.59. The topological polar surface area (TPSA) is 57.6 Å². The maximum Gasteiger partial charge on any atom is 0.263 e. The average molecular weight is 366 g/mol. The first-order chi connectivity index (χ1) is 9.93. The molecule has 108 valence electrons. The average Bonchev–Trinajstić information content (AvgIpc) is 2.98. The molecule has 0 radical (unpaired) electrons. The first kappa shape index (κ1) is 14.4. The fourth-order valence-corrected chi connectivity index (χ4v) is 3.90. The van der Waals surface area contributed by atoms with E-state index in [0.717, 1.165) is 3.79 Å². The van der Waals surface area contributed by atoms with E-state index >= 15 is 0 Å². The van der Waals surface area contributed by atoms with E-state index in [1.165, 1.54) is 16.2 Å². The van der Waals surface area contributed by atoms with Crippen LogP contribution < -0.4 is 4.90 Å². The summed E-state index contributed by atoms with van der Waals surface area (Å²) in [5, 5.41) is 10.8. The molecular formula is C15H12BrNO3S. The number of para-hydroxylation sites is 1. The Hall–Kier alpha value is -1.50. The van der Waals surface area contributed by atoms with E-state index in [4.69, 9.17) is 0 Å². The first-order valence-corrected chi connectivity index (χ1v) is 7.93. The highest BCUT2D eigenvalue weighted by Gasteiger charge is 2.49. The predicted octanol–water partition coefficient (Wildman–Crippen LogP) is 2.95. The number of Topliss-reactive ketones (excluding diaryl/α,β-unsaturated/α-hetero) is 1. The van der Waals surface area contributed by atoms with Crippen molar-refractivity contribution < 1.29 is 14.7 Å². The minimum Gasteiger partial charge on any atom is -0.375 e. The van der Waals surface area contributed by atoms with Gasteiger partial charge in [0.05, 0.1) is 20.8 Å². The van der Waals surface area contributed by atoms with Gasteiger partial charge in [0.15, 0.2) is 11.4 Å². The molecule has 1 atom stereocenters. The van der Waals surface area contributed by atoms with Crippen molar-refractivity contribution >= 4 is 44.6 Å². The minimum absolute atomic E-state index is 0.244. The first-order valence-electron chi connectivity index (χ1n) is 6.32. The number of fused-ring (bicyclic) bond motifs is 1. The van der Waals surface area contributed by atoms with E-state index in [2.05, 4.69) is 15.9 Å². The van der Waals surface area contributed by atoms with E-state index in [1.807, 2.05) is 0 Å². The maximum absolute atomic E-state index is 12.4. The lowest BCUT2D eigenvalue weighted by molar-refractivity contribution is -0.135. The van der Waals surface area contributed by atoms with E-state index in [0.29, 0.717) is 16.1 Å². The number of hydrogen-bond donors (Lipinski definition) is 1. The Morgan fingerprint density at radius 2 is 2.05 bits per heavy atom. The molecule has 1 aromatic heterocycles. The molecule has 1 aliphatic rings. The predicted molar refractivity (Wildman–Crippen MR) is 84.7 cm³/mol. The number of likely N-dealkylation sites (N-methyl/N-ethyl adjacent to an activating group) is 1. The Balaban J connectivity index is 1.97. The fraction of sp³-hybridized carbons (Fsp3) is 0.200. The van der Waals surface area contributed by atoms with Crippen LogP contribution in [0.4, 0.5) is 5.69 Å². The number of hydrogen-bond acceptors (Lipinski definition) is 4. The van der Waals surface area contributed by atoms with Gasteiger partial charge in [-0.3, -0.25) is 9.59 Å². The maximum atomic E-state index is 12.4. The summed E-state index contributed by atoms with van der Waals surface area (Å²) in [6.07, 6.45) is -0.250. The van der Waals surface area contributed by atoms with Crippen LogP contribution in [0.1, 0.15) is 21.7 Å². The number of amides is 1. The summed E-state index contributed by atoms with van der Waals surface area (Å²) in [6.45, 7) is 0. The summed E-state index contributed by atoms with van der Waals surface area (Å²) in [7, 11) is 1.60. The zero-order valence-electron chi connectivity index (χ0n) is 11.2. The number of halogens is 1. The molecule has 0 bridgehead atoms. The summed E-state index contributed by atoms with van der Waals surface area (Å²) in [5.74, 6) is -0.709. The van der Waals surface area contributed by atoms with Crippen LogP contribution in [0.15, 0.2) is 40.2 Å². The number of benzene rings is 1. The van der Waals surface area contributed by atoms with Gasteiger partial charge >= 0.3 is 0 Å². The summed E-state index contributed by atoms with van der Waals surface area (Å²) < 4.78 is 0.841. The second-order valence-corrected chi connectivity index (χ2v) is 7.41. The van der Waals surface area contributed by atoms with Gasteiger partial charge in [0.25, 0.3) is 5.91 Å². The zero-order valence-corrected chi connectivity index (χ0v) is 13.6. The zero-order chi connectivity index (χ0) is 15.2. The van der Waals surface area contributed by atoms with Gasteiger partial charge in [-0.2, -0.15) is 0 Å². The SMILES string of the molecule is CN1C(=O)C(O)(CC(=O)c2ccc(Br)s2)c2ccccc21. The van der Waals surface area contributed by atoms with Gasteiger partial charge < -0.3 is 10.0 Å². The Bertz CT molecular complexity index is 742. The van der Waals surface area contributed by atoms with Crippen molar-refractivity contribution in [2.45, 2.75) is 12.0 Å². The molecule has 0 spiro atoms. The third kappa shape index (κ3) is 2.23. The van der Waals surface area contributed by atoms with Gasteiger partial charge in [0.2, 0.25) is 0 Å².